The second-order valence-corrected chi connectivity index (χ2v) is 6.97. The maximum atomic E-state index is 2.43. The Morgan fingerprint density at radius 1 is 0.500 bits per heavy atom. The van der Waals surface area contributed by atoms with E-state index in [-0.39, 0.29) is 0 Å². The first-order valence-corrected chi connectivity index (χ1v) is 8.39. The largest absolute Gasteiger partial charge is 0.0622 e. The molecule has 0 radical (unpaired) electrons. The first kappa shape index (κ1) is 13.0. The second-order valence-electron chi connectivity index (χ2n) is 4.70. The third kappa shape index (κ3) is 3.10. The molecule has 0 fully saturated rings. The van der Waals surface area contributed by atoms with Gasteiger partial charge in [0.25, 0.3) is 0 Å². The lowest BCUT2D eigenvalue weighted by Gasteiger charge is -2.10. The highest BCUT2D eigenvalue weighted by molar-refractivity contribution is 7.72. The summed E-state index contributed by atoms with van der Waals surface area (Å²) in [5.41, 5.74) is 1.30. The summed E-state index contributed by atoms with van der Waals surface area (Å²) in [6, 6.07) is 32.2. The van der Waals surface area contributed by atoms with E-state index in [0.29, 0.717) is 0 Å². The van der Waals surface area contributed by atoms with E-state index in [1.807, 2.05) is 0 Å². The first-order chi connectivity index (χ1) is 9.93. The molecule has 0 nitrogen and oxygen atoms in total. The molecule has 3 aromatic carbocycles. The topological polar surface area (TPSA) is 0 Å². The van der Waals surface area contributed by atoms with Crippen LogP contribution in [0.2, 0.25) is 0 Å². The van der Waals surface area contributed by atoms with Gasteiger partial charge in [0, 0.05) is 0 Å². The highest BCUT2D eigenvalue weighted by atomic mass is 31.1. The predicted molar refractivity (Wildman–Crippen MR) is 92.1 cm³/mol. The molecule has 0 saturated carbocycles. The maximum Gasteiger partial charge on any atom is -0.0231 e. The lowest BCUT2D eigenvalue weighted by Crippen LogP contribution is -2.08. The molecule has 0 aromatic heterocycles. The van der Waals surface area contributed by atoms with E-state index in [1.54, 1.807) is 0 Å². The van der Waals surface area contributed by atoms with Crippen molar-refractivity contribution in [1.82, 2.24) is 0 Å². The molecule has 0 N–H and O–H groups in total. The molecule has 20 heavy (non-hydrogen) atoms. The van der Waals surface area contributed by atoms with Crippen LogP contribution in [0.25, 0.3) is 0 Å². The van der Waals surface area contributed by atoms with Gasteiger partial charge >= 0.3 is 0 Å². The fraction of sp³-hybridized carbons (Fsp3) is 0. The third-order valence-electron chi connectivity index (χ3n) is 3.28. The Hall–Kier alpha value is -2.04. The summed E-state index contributed by atoms with van der Waals surface area (Å²) < 4.78 is 0. The Bertz CT molecular complexity index is 644. The van der Waals surface area contributed by atoms with E-state index >= 15 is 0 Å². The van der Waals surface area contributed by atoms with Crippen molar-refractivity contribution in [3.63, 3.8) is 0 Å². The molecule has 3 aromatic rings. The summed E-state index contributed by atoms with van der Waals surface area (Å²) in [4.78, 5) is 0. The van der Waals surface area contributed by atoms with Crippen LogP contribution in [0.4, 0.5) is 0 Å². The van der Waals surface area contributed by atoms with Crippen LogP contribution in [0, 0.1) is 0 Å². The number of rotatable bonds is 3. The van der Waals surface area contributed by atoms with Gasteiger partial charge in [0.1, 0.15) is 0 Å². The highest BCUT2D eigenvalue weighted by Gasteiger charge is 2.02. The van der Waals surface area contributed by atoms with Gasteiger partial charge in [0.2, 0.25) is 0 Å². The van der Waals surface area contributed by atoms with Gasteiger partial charge in [-0.2, -0.15) is 0 Å². The van der Waals surface area contributed by atoms with Crippen LogP contribution in [-0.4, -0.2) is 5.80 Å². The van der Waals surface area contributed by atoms with Gasteiger partial charge in [-0.1, -0.05) is 104 Å². The van der Waals surface area contributed by atoms with Crippen molar-refractivity contribution in [2.75, 3.05) is 0 Å². The minimum Gasteiger partial charge on any atom is -0.0622 e. The normalized spacial score (nSPS) is 10.4. The minimum atomic E-state index is -0.877. The van der Waals surface area contributed by atoms with Gasteiger partial charge in [-0.25, -0.2) is 0 Å². The molecule has 0 amide bonds. The van der Waals surface area contributed by atoms with E-state index < -0.39 is 7.55 Å². The molecular formula is C19H17P. The fourth-order valence-electron chi connectivity index (χ4n) is 2.28. The second kappa shape index (κ2) is 6.41. The molecule has 0 unspecified atom stereocenters. The van der Waals surface area contributed by atoms with Crippen LogP contribution < -0.4 is 10.6 Å². The minimum absolute atomic E-state index is 0.877. The molecule has 0 aliphatic carbocycles. The Labute approximate surface area is 121 Å². The van der Waals surface area contributed by atoms with Crippen molar-refractivity contribution < 1.29 is 0 Å². The quantitative estimate of drug-likeness (QED) is 0.640. The Morgan fingerprint density at radius 3 is 1.35 bits per heavy atom. The number of hydrogen-bond donors (Lipinski definition) is 0. The average Bonchev–Trinajstić information content (AvgIpc) is 2.55. The summed E-state index contributed by atoms with van der Waals surface area (Å²) in [6.45, 7) is 0. The zero-order valence-corrected chi connectivity index (χ0v) is 12.2. The number of benzene rings is 3. The lowest BCUT2D eigenvalue weighted by atomic mass is 10.2. The van der Waals surface area contributed by atoms with Crippen LogP contribution >= 0.6 is 7.55 Å². The van der Waals surface area contributed by atoms with Crippen molar-refractivity contribution in [2.45, 2.75) is 0 Å². The standard InChI is InChI=1S/C19H17P/c1-4-10-17(11-5-1)16-20(18-12-6-2-7-13-18)19-14-8-3-9-15-19/h1-16,20H. The van der Waals surface area contributed by atoms with Crippen LogP contribution in [0.1, 0.15) is 5.56 Å². The van der Waals surface area contributed by atoms with Crippen LogP contribution in [-0.2, 0) is 0 Å². The zero-order chi connectivity index (χ0) is 13.6. The van der Waals surface area contributed by atoms with Crippen molar-refractivity contribution in [1.29, 1.82) is 0 Å². The third-order valence-corrected chi connectivity index (χ3v) is 5.81. The van der Waals surface area contributed by atoms with E-state index in [0.717, 1.165) is 0 Å². The lowest BCUT2D eigenvalue weighted by molar-refractivity contribution is 1.69. The van der Waals surface area contributed by atoms with E-state index in [2.05, 4.69) is 96.8 Å². The summed E-state index contributed by atoms with van der Waals surface area (Å²) >= 11 is 0. The van der Waals surface area contributed by atoms with Gasteiger partial charge in [-0.15, -0.1) is 0 Å². The molecule has 0 spiro atoms. The Kier molecular flexibility index (Phi) is 4.16. The van der Waals surface area contributed by atoms with Crippen molar-refractivity contribution in [3.05, 3.63) is 96.6 Å². The van der Waals surface area contributed by atoms with Gasteiger partial charge in [0.15, 0.2) is 0 Å². The maximum absolute atomic E-state index is 2.43. The molecule has 0 aliphatic rings. The van der Waals surface area contributed by atoms with E-state index in [1.165, 1.54) is 16.2 Å². The summed E-state index contributed by atoms with van der Waals surface area (Å²) in [5.74, 6) is 2.43. The summed E-state index contributed by atoms with van der Waals surface area (Å²) in [5, 5.41) is 2.85. The van der Waals surface area contributed by atoms with Gasteiger partial charge in [-0.05, 0) is 16.2 Å². The zero-order valence-electron chi connectivity index (χ0n) is 11.2. The Morgan fingerprint density at radius 2 is 0.900 bits per heavy atom. The van der Waals surface area contributed by atoms with E-state index in [4.69, 9.17) is 0 Å². The average molecular weight is 276 g/mol. The van der Waals surface area contributed by atoms with Gasteiger partial charge in [0.05, 0.1) is 0 Å². The van der Waals surface area contributed by atoms with E-state index in [9.17, 15) is 0 Å². The Balaban J connectivity index is 2.12. The first-order valence-electron chi connectivity index (χ1n) is 6.81. The highest BCUT2D eigenvalue weighted by Crippen LogP contribution is 2.22. The van der Waals surface area contributed by atoms with Crippen LogP contribution in [0.15, 0.2) is 91.0 Å². The molecule has 1 heteroatoms. The molecule has 0 atom stereocenters. The summed E-state index contributed by atoms with van der Waals surface area (Å²) in [7, 11) is -0.877. The summed E-state index contributed by atoms with van der Waals surface area (Å²) in [6.07, 6.45) is 0. The van der Waals surface area contributed by atoms with Gasteiger partial charge < -0.3 is 0 Å². The number of hydrogen-bond acceptors (Lipinski definition) is 0. The molecule has 0 aliphatic heterocycles. The van der Waals surface area contributed by atoms with Crippen LogP contribution in [0.3, 0.4) is 0 Å². The fourth-order valence-corrected chi connectivity index (χ4v) is 4.58. The molecule has 98 valence electrons. The molecule has 0 bridgehead atoms. The van der Waals surface area contributed by atoms with Crippen molar-refractivity contribution in [2.24, 2.45) is 0 Å². The monoisotopic (exact) mass is 276 g/mol. The van der Waals surface area contributed by atoms with Gasteiger partial charge in [-0.3, -0.25) is 0 Å². The molecular weight excluding hydrogens is 259 g/mol. The molecule has 3 rings (SSSR count). The van der Waals surface area contributed by atoms with Crippen LogP contribution in [0.5, 0.6) is 0 Å². The molecule has 0 saturated heterocycles. The predicted octanol–water partition coefficient (Wildman–Crippen LogP) is 3.70. The molecule has 0 heterocycles. The van der Waals surface area contributed by atoms with Crippen molar-refractivity contribution >= 4 is 24.0 Å². The smallest absolute Gasteiger partial charge is 0.0231 e. The SMILES string of the molecule is C(c1ccccc1)=[PH](c1ccccc1)c1ccccc1. The van der Waals surface area contributed by atoms with Crippen molar-refractivity contribution in [3.8, 4) is 0 Å².